The van der Waals surface area contributed by atoms with E-state index < -0.39 is 11.5 Å². The molecule has 76 valence electrons. The van der Waals surface area contributed by atoms with Crippen LogP contribution in [0.15, 0.2) is 0 Å². The zero-order valence-corrected chi connectivity index (χ0v) is 7.74. The highest BCUT2D eigenvalue weighted by Crippen LogP contribution is 2.45. The van der Waals surface area contributed by atoms with Gasteiger partial charge in [0.05, 0.1) is 7.11 Å². The molecule has 0 fully saturated rings. The molecule has 0 saturated carbocycles. The Kier molecular flexibility index (Phi) is 2.51. The third kappa shape index (κ3) is 1.22. The molecule has 5 nitrogen and oxygen atoms in total. The molecule has 1 rings (SSSR count). The van der Waals surface area contributed by atoms with Gasteiger partial charge in [-0.15, -0.1) is 0 Å². The first-order valence-electron chi connectivity index (χ1n) is 3.81. The molecule has 0 aliphatic heterocycles. The molecule has 0 atom stereocenters. The molecule has 0 unspecified atom stereocenters. The van der Waals surface area contributed by atoms with Crippen LogP contribution >= 0.6 is 0 Å². The van der Waals surface area contributed by atoms with Crippen molar-refractivity contribution in [2.45, 2.75) is 6.92 Å². The zero-order valence-electron chi connectivity index (χ0n) is 7.74. The van der Waals surface area contributed by atoms with Gasteiger partial charge >= 0.3 is 0 Å². The summed E-state index contributed by atoms with van der Waals surface area (Å²) in [6.45, 7) is 1.40. The number of hydrogen-bond donors (Lipinski definition) is 3. The average molecular weight is 198 g/mol. The first-order chi connectivity index (χ1) is 6.54. The number of phenolic OH excluding ortho intramolecular Hbond substituents is 3. The lowest BCUT2D eigenvalue weighted by Gasteiger charge is -2.12. The molecule has 0 bridgehead atoms. The first-order valence-corrected chi connectivity index (χ1v) is 3.81. The lowest BCUT2D eigenvalue weighted by Crippen LogP contribution is -1.93. The highest BCUT2D eigenvalue weighted by molar-refractivity contribution is 5.87. The van der Waals surface area contributed by atoms with E-state index >= 15 is 0 Å². The quantitative estimate of drug-likeness (QED) is 0.615. The van der Waals surface area contributed by atoms with E-state index in [4.69, 9.17) is 0 Å². The van der Waals surface area contributed by atoms with Crippen molar-refractivity contribution in [3.63, 3.8) is 0 Å². The number of aldehydes is 1. The number of hydrogen-bond acceptors (Lipinski definition) is 5. The molecule has 0 amide bonds. The molecular weight excluding hydrogens is 188 g/mol. The Balaban J connectivity index is 3.64. The summed E-state index contributed by atoms with van der Waals surface area (Å²) >= 11 is 0. The second-order valence-corrected chi connectivity index (χ2v) is 2.74. The fourth-order valence-electron chi connectivity index (χ4n) is 1.14. The monoisotopic (exact) mass is 198 g/mol. The van der Waals surface area contributed by atoms with Gasteiger partial charge in [-0.05, 0) is 6.92 Å². The van der Waals surface area contributed by atoms with E-state index in [1.165, 1.54) is 14.0 Å². The minimum absolute atomic E-state index is 0.0850. The van der Waals surface area contributed by atoms with Crippen molar-refractivity contribution < 1.29 is 24.9 Å². The highest BCUT2D eigenvalue weighted by atomic mass is 16.5. The van der Waals surface area contributed by atoms with Crippen LogP contribution in [0.3, 0.4) is 0 Å². The molecule has 3 N–H and O–H groups in total. The van der Waals surface area contributed by atoms with Crippen molar-refractivity contribution in [2.24, 2.45) is 0 Å². The van der Waals surface area contributed by atoms with Gasteiger partial charge in [0.2, 0.25) is 5.75 Å². The van der Waals surface area contributed by atoms with Crippen molar-refractivity contribution in [3.8, 4) is 23.0 Å². The largest absolute Gasteiger partial charge is 0.507 e. The fraction of sp³-hybridized carbons (Fsp3) is 0.222. The standard InChI is InChI=1S/C9H10O5/c1-4-6(11)5(3-10)8(13)9(14-2)7(4)12/h3,11-13H,1-2H3. The molecule has 0 aliphatic carbocycles. The third-order valence-corrected chi connectivity index (χ3v) is 1.97. The van der Waals surface area contributed by atoms with Crippen molar-refractivity contribution in [1.82, 2.24) is 0 Å². The molecule has 1 aromatic rings. The first kappa shape index (κ1) is 10.2. The van der Waals surface area contributed by atoms with Gasteiger partial charge in [-0.2, -0.15) is 0 Å². The van der Waals surface area contributed by atoms with Crippen LogP contribution in [0, 0.1) is 6.92 Å². The van der Waals surface area contributed by atoms with E-state index in [0.717, 1.165) is 0 Å². The summed E-state index contributed by atoms with van der Waals surface area (Å²) in [6, 6.07) is 0. The maximum atomic E-state index is 10.5. The number of rotatable bonds is 2. The van der Waals surface area contributed by atoms with Gasteiger partial charge in [0.15, 0.2) is 17.8 Å². The Morgan fingerprint density at radius 3 is 2.14 bits per heavy atom. The van der Waals surface area contributed by atoms with Crippen LogP contribution in [-0.2, 0) is 0 Å². The predicted octanol–water partition coefficient (Wildman–Crippen LogP) is 0.933. The second kappa shape index (κ2) is 3.45. The molecule has 14 heavy (non-hydrogen) atoms. The number of carbonyl (C=O) groups excluding carboxylic acids is 1. The number of carbonyl (C=O) groups is 1. The molecule has 1 aromatic carbocycles. The molecule has 0 heterocycles. The van der Waals surface area contributed by atoms with Gasteiger partial charge in [0.25, 0.3) is 0 Å². The van der Waals surface area contributed by atoms with Crippen LogP contribution in [0.1, 0.15) is 15.9 Å². The maximum Gasteiger partial charge on any atom is 0.204 e. The Bertz CT molecular complexity index is 384. The Morgan fingerprint density at radius 2 is 1.71 bits per heavy atom. The van der Waals surface area contributed by atoms with Crippen molar-refractivity contribution in [3.05, 3.63) is 11.1 Å². The van der Waals surface area contributed by atoms with Crippen LogP contribution in [0.25, 0.3) is 0 Å². The summed E-state index contributed by atoms with van der Waals surface area (Å²) in [5, 5.41) is 28.2. The summed E-state index contributed by atoms with van der Waals surface area (Å²) in [5.74, 6) is -1.62. The van der Waals surface area contributed by atoms with Crippen molar-refractivity contribution in [1.29, 1.82) is 0 Å². The van der Waals surface area contributed by atoms with E-state index in [2.05, 4.69) is 4.74 Å². The predicted molar refractivity (Wildman–Crippen MR) is 48.1 cm³/mol. The van der Waals surface area contributed by atoms with E-state index in [0.29, 0.717) is 6.29 Å². The summed E-state index contributed by atoms with van der Waals surface area (Å²) in [4.78, 5) is 10.5. The van der Waals surface area contributed by atoms with Gasteiger partial charge in [-0.3, -0.25) is 4.79 Å². The number of benzene rings is 1. The lowest BCUT2D eigenvalue weighted by molar-refractivity contribution is 0.111. The molecule has 0 saturated heterocycles. The van der Waals surface area contributed by atoms with Gasteiger partial charge in [0, 0.05) is 5.56 Å². The van der Waals surface area contributed by atoms with E-state index in [1.807, 2.05) is 0 Å². The Morgan fingerprint density at radius 1 is 1.14 bits per heavy atom. The van der Waals surface area contributed by atoms with Crippen molar-refractivity contribution >= 4 is 6.29 Å². The molecule has 0 aliphatic rings. The van der Waals surface area contributed by atoms with Crippen molar-refractivity contribution in [2.75, 3.05) is 7.11 Å². The van der Waals surface area contributed by atoms with Crippen LogP contribution in [0.5, 0.6) is 23.0 Å². The molecule has 5 heteroatoms. The summed E-state index contributed by atoms with van der Waals surface area (Å²) in [5.41, 5.74) is -0.209. The number of ether oxygens (including phenoxy) is 1. The Labute approximate surface area is 80.2 Å². The zero-order chi connectivity index (χ0) is 10.9. The highest BCUT2D eigenvalue weighted by Gasteiger charge is 2.21. The Hall–Kier alpha value is -1.91. The smallest absolute Gasteiger partial charge is 0.204 e. The molecule has 0 aromatic heterocycles. The van der Waals surface area contributed by atoms with E-state index in [9.17, 15) is 20.1 Å². The van der Waals surface area contributed by atoms with Gasteiger partial charge in [-0.1, -0.05) is 0 Å². The molecule has 0 spiro atoms. The number of methoxy groups -OCH3 is 1. The fourth-order valence-corrected chi connectivity index (χ4v) is 1.14. The lowest BCUT2D eigenvalue weighted by atomic mass is 10.1. The topological polar surface area (TPSA) is 87.0 Å². The summed E-state index contributed by atoms with van der Waals surface area (Å²) in [7, 11) is 1.24. The second-order valence-electron chi connectivity index (χ2n) is 2.74. The third-order valence-electron chi connectivity index (χ3n) is 1.97. The van der Waals surface area contributed by atoms with E-state index in [1.54, 1.807) is 0 Å². The minimum atomic E-state index is -0.567. The van der Waals surface area contributed by atoms with Crippen LogP contribution in [0.4, 0.5) is 0 Å². The summed E-state index contributed by atoms with van der Waals surface area (Å²) < 4.78 is 4.68. The summed E-state index contributed by atoms with van der Waals surface area (Å²) in [6.07, 6.45) is 0.291. The van der Waals surface area contributed by atoms with Crippen LogP contribution in [-0.4, -0.2) is 28.7 Å². The van der Waals surface area contributed by atoms with Gasteiger partial charge < -0.3 is 20.1 Å². The van der Waals surface area contributed by atoms with Crippen LogP contribution in [0.2, 0.25) is 0 Å². The number of aromatic hydroxyl groups is 3. The molecular formula is C9H10O5. The maximum absolute atomic E-state index is 10.5. The SMILES string of the molecule is COc1c(O)c(C)c(O)c(C=O)c1O. The normalized spacial score (nSPS) is 9.86. The van der Waals surface area contributed by atoms with Crippen LogP contribution < -0.4 is 4.74 Å². The van der Waals surface area contributed by atoms with Gasteiger partial charge in [-0.25, -0.2) is 0 Å². The van der Waals surface area contributed by atoms with E-state index in [-0.39, 0.29) is 22.6 Å². The number of phenols is 3. The molecule has 0 radical (unpaired) electrons. The van der Waals surface area contributed by atoms with Gasteiger partial charge in [0.1, 0.15) is 11.3 Å². The minimum Gasteiger partial charge on any atom is -0.507 e. The average Bonchev–Trinajstić information content (AvgIpc) is 2.16.